The van der Waals surface area contributed by atoms with Gasteiger partial charge in [0.25, 0.3) is 0 Å². The van der Waals surface area contributed by atoms with Crippen LogP contribution in [-0.4, -0.2) is 20.8 Å². The van der Waals surface area contributed by atoms with E-state index in [1.54, 1.807) is 0 Å². The molecule has 0 amide bonds. The molecule has 2 aliphatic rings. The fourth-order valence-electron chi connectivity index (χ4n) is 13.7. The maximum absolute atomic E-state index is 7.00. The summed E-state index contributed by atoms with van der Waals surface area (Å²) in [5.74, 6) is 2.97. The molecule has 0 saturated carbocycles. The van der Waals surface area contributed by atoms with E-state index in [1.165, 1.54) is 50.2 Å². The first-order valence-electron chi connectivity index (χ1n) is 29.0. The van der Waals surface area contributed by atoms with Gasteiger partial charge in [-0.25, -0.2) is 4.98 Å². The number of hydrogen-bond donors (Lipinski definition) is 0. The molecule has 6 heteroatoms. The first-order chi connectivity index (χ1) is 40.8. The predicted molar refractivity (Wildman–Crippen MR) is 343 cm³/mol. The lowest BCUT2D eigenvalue weighted by Gasteiger charge is -2.36. The van der Waals surface area contributed by atoms with Crippen LogP contribution in [0.5, 0.6) is 11.5 Å². The van der Waals surface area contributed by atoms with Crippen molar-refractivity contribution in [3.63, 3.8) is 0 Å². The van der Waals surface area contributed by atoms with E-state index in [4.69, 9.17) is 9.72 Å². The second-order valence-electron chi connectivity index (χ2n) is 22.7. The highest BCUT2D eigenvalue weighted by atomic mass is 16.5. The highest BCUT2D eigenvalue weighted by Crippen LogP contribution is 2.59. The minimum Gasteiger partial charge on any atom is -0.457 e. The Hall–Kier alpha value is -10.2. The summed E-state index contributed by atoms with van der Waals surface area (Å²) in [6.07, 6.45) is 4.04. The van der Waals surface area contributed by atoms with Gasteiger partial charge in [0.15, 0.2) is 0 Å². The average molecular weight is 1070 g/mol. The van der Waals surface area contributed by atoms with Gasteiger partial charge >= 0.3 is 0 Å². The van der Waals surface area contributed by atoms with Crippen molar-refractivity contribution < 1.29 is 4.74 Å². The first kappa shape index (κ1) is 49.8. The molecule has 2 aromatic heterocycles. The van der Waals surface area contributed by atoms with Crippen LogP contribution >= 0.6 is 0 Å². The lowest BCUT2D eigenvalue weighted by atomic mass is 9.66. The molecule has 0 atom stereocenters. The molecule has 0 bridgehead atoms. The van der Waals surface area contributed by atoms with Crippen LogP contribution in [0.3, 0.4) is 0 Å². The molecule has 13 aromatic rings. The SMILES string of the molecule is CC(C)c1cccc(C(C)C)c1-n1ccnc1-n1c2ccccc2c2ccc(Oc3cccc(N4CN(c5c(-c6ccccc6)cc(C6(c7ccccc7)c7ccccc7-c7ccccc76)cc5-c5ccccc5)c5ccccc54)c3)cc21. The fourth-order valence-corrected chi connectivity index (χ4v) is 13.7. The molecule has 0 saturated heterocycles. The molecule has 0 unspecified atom stereocenters. The van der Waals surface area contributed by atoms with Crippen LogP contribution in [0.1, 0.15) is 72.9 Å². The standard InChI is InChI=1S/C77H61N5O/c1-51(2)60-35-23-36-61(52(3)4)74(60)79-45-44-78-76(79)82-70-39-19-16-34-64(70)65-43-42-59(49-73(65)82)83-58-31-22-30-57(48-58)80-50-81(72-41-21-20-40-71(72)80)75-66(53-24-8-5-9-25-53)46-56(47-67(75)54-26-10-6-11-27-54)77(55-28-12-7-13-29-55)68-37-17-14-32-62(68)63-33-15-18-38-69(63)77/h5-49,51-52H,50H2,1-4H3. The molecule has 1 aliphatic carbocycles. The maximum Gasteiger partial charge on any atom is 0.219 e. The lowest BCUT2D eigenvalue weighted by molar-refractivity contribution is 0.483. The van der Waals surface area contributed by atoms with Crippen LogP contribution in [0, 0.1) is 0 Å². The molecule has 0 fully saturated rings. The largest absolute Gasteiger partial charge is 0.457 e. The number of anilines is 4. The minimum atomic E-state index is -0.601. The van der Waals surface area contributed by atoms with Gasteiger partial charge in [-0.3, -0.25) is 9.13 Å². The number of hydrogen-bond acceptors (Lipinski definition) is 4. The number of fused-ring (bicyclic) bond motifs is 7. The number of benzene rings is 11. The molecule has 83 heavy (non-hydrogen) atoms. The normalized spacial score (nSPS) is 13.3. The number of aromatic nitrogens is 3. The third kappa shape index (κ3) is 8.03. The summed E-state index contributed by atoms with van der Waals surface area (Å²) in [6, 6.07) is 95.4. The number of para-hydroxylation sites is 4. The van der Waals surface area contributed by atoms with E-state index in [1.807, 2.05) is 6.20 Å². The summed E-state index contributed by atoms with van der Waals surface area (Å²) in [5.41, 5.74) is 21.9. The van der Waals surface area contributed by atoms with Gasteiger partial charge in [0.1, 0.15) is 18.2 Å². The fraction of sp³-hybridized carbons (Fsp3) is 0.104. The number of imidazole rings is 1. The Kier molecular flexibility index (Phi) is 12.1. The van der Waals surface area contributed by atoms with Crippen LogP contribution < -0.4 is 14.5 Å². The molecular formula is C77H61N5O. The molecule has 0 radical (unpaired) electrons. The zero-order valence-corrected chi connectivity index (χ0v) is 47.0. The monoisotopic (exact) mass is 1070 g/mol. The van der Waals surface area contributed by atoms with Crippen molar-refractivity contribution in [2.45, 2.75) is 44.9 Å². The van der Waals surface area contributed by atoms with Crippen molar-refractivity contribution >= 4 is 44.6 Å². The van der Waals surface area contributed by atoms with Gasteiger partial charge < -0.3 is 14.5 Å². The van der Waals surface area contributed by atoms with Gasteiger partial charge in [0.2, 0.25) is 5.95 Å². The minimum absolute atomic E-state index is 0.322. The Morgan fingerprint density at radius 3 is 1.61 bits per heavy atom. The van der Waals surface area contributed by atoms with Gasteiger partial charge in [-0.1, -0.05) is 222 Å². The summed E-state index contributed by atoms with van der Waals surface area (Å²) in [7, 11) is 0. The molecule has 11 aromatic carbocycles. The van der Waals surface area contributed by atoms with E-state index in [0.29, 0.717) is 18.5 Å². The van der Waals surface area contributed by atoms with Crippen LogP contribution in [0.4, 0.5) is 22.7 Å². The third-order valence-corrected chi connectivity index (χ3v) is 17.3. The van der Waals surface area contributed by atoms with Crippen molar-refractivity contribution in [3.05, 3.63) is 307 Å². The second-order valence-corrected chi connectivity index (χ2v) is 22.7. The van der Waals surface area contributed by atoms with Crippen LogP contribution in [0.2, 0.25) is 0 Å². The predicted octanol–water partition coefficient (Wildman–Crippen LogP) is 20.0. The molecule has 1 aliphatic heterocycles. The smallest absolute Gasteiger partial charge is 0.219 e. The molecular weight excluding hydrogens is 1010 g/mol. The van der Waals surface area contributed by atoms with Crippen LogP contribution in [0.15, 0.2) is 273 Å². The summed E-state index contributed by atoms with van der Waals surface area (Å²) in [5, 5.41) is 2.30. The molecule has 3 heterocycles. The van der Waals surface area contributed by atoms with Crippen molar-refractivity contribution in [2.24, 2.45) is 0 Å². The average Bonchev–Trinajstić information content (AvgIpc) is 2.02. The van der Waals surface area contributed by atoms with E-state index in [2.05, 4.69) is 314 Å². The van der Waals surface area contributed by atoms with Gasteiger partial charge in [0.05, 0.1) is 39.2 Å². The molecule has 400 valence electrons. The van der Waals surface area contributed by atoms with E-state index < -0.39 is 5.41 Å². The van der Waals surface area contributed by atoms with E-state index in [9.17, 15) is 0 Å². The summed E-state index contributed by atoms with van der Waals surface area (Å²) < 4.78 is 11.6. The molecule has 6 nitrogen and oxygen atoms in total. The van der Waals surface area contributed by atoms with Gasteiger partial charge in [-0.2, -0.15) is 0 Å². The van der Waals surface area contributed by atoms with Crippen molar-refractivity contribution in [1.29, 1.82) is 0 Å². The molecule has 0 spiro atoms. The molecule has 15 rings (SSSR count). The van der Waals surface area contributed by atoms with E-state index >= 15 is 0 Å². The first-order valence-corrected chi connectivity index (χ1v) is 29.0. The second kappa shape index (κ2) is 20.1. The van der Waals surface area contributed by atoms with Gasteiger partial charge in [-0.05, 0) is 122 Å². The Balaban J connectivity index is 0.856. The lowest BCUT2D eigenvalue weighted by Crippen LogP contribution is -2.29. The van der Waals surface area contributed by atoms with Gasteiger partial charge in [0, 0.05) is 52.1 Å². The van der Waals surface area contributed by atoms with Crippen molar-refractivity contribution in [3.8, 4) is 56.5 Å². The Labute approximate surface area is 485 Å². The maximum atomic E-state index is 7.00. The van der Waals surface area contributed by atoms with E-state index in [0.717, 1.165) is 84.3 Å². The summed E-state index contributed by atoms with van der Waals surface area (Å²) in [4.78, 5) is 10.1. The van der Waals surface area contributed by atoms with Gasteiger partial charge in [-0.15, -0.1) is 0 Å². The highest BCUT2D eigenvalue weighted by Gasteiger charge is 2.47. The summed E-state index contributed by atoms with van der Waals surface area (Å²) >= 11 is 0. The van der Waals surface area contributed by atoms with E-state index in [-0.39, 0.29) is 0 Å². The highest BCUT2D eigenvalue weighted by molar-refractivity contribution is 6.09. The van der Waals surface area contributed by atoms with Crippen molar-refractivity contribution in [2.75, 3.05) is 16.5 Å². The number of ether oxygens (including phenoxy) is 1. The Morgan fingerprint density at radius 1 is 0.422 bits per heavy atom. The van der Waals surface area contributed by atoms with Crippen LogP contribution in [0.25, 0.3) is 66.8 Å². The zero-order valence-electron chi connectivity index (χ0n) is 47.0. The quantitative estimate of drug-likeness (QED) is 0.122. The molecule has 0 N–H and O–H groups in total. The number of nitrogens with zero attached hydrogens (tertiary/aromatic N) is 5. The third-order valence-electron chi connectivity index (χ3n) is 17.3. The summed E-state index contributed by atoms with van der Waals surface area (Å²) in [6.45, 7) is 9.66. The van der Waals surface area contributed by atoms with Crippen LogP contribution in [-0.2, 0) is 5.41 Å². The Bertz CT molecular complexity index is 4460. The zero-order chi connectivity index (χ0) is 55.8. The Morgan fingerprint density at radius 2 is 0.964 bits per heavy atom. The topological polar surface area (TPSA) is 38.5 Å². The van der Waals surface area contributed by atoms with Crippen molar-refractivity contribution in [1.82, 2.24) is 14.1 Å². The number of rotatable bonds is 12.